The van der Waals surface area contributed by atoms with Gasteiger partial charge < -0.3 is 14.2 Å². The summed E-state index contributed by atoms with van der Waals surface area (Å²) in [6, 6.07) is 15.9. The van der Waals surface area contributed by atoms with Gasteiger partial charge in [0.2, 0.25) is 0 Å². The van der Waals surface area contributed by atoms with Gasteiger partial charge in [0.15, 0.2) is 12.4 Å². The number of ether oxygens (including phenoxy) is 1. The first-order valence-corrected chi connectivity index (χ1v) is 9.18. The molecule has 136 valence electrons. The summed E-state index contributed by atoms with van der Waals surface area (Å²) in [5, 5.41) is 4.27. The third-order valence-electron chi connectivity index (χ3n) is 5.40. The molecule has 0 unspecified atom stereocenters. The molecule has 0 saturated heterocycles. The monoisotopic (exact) mass is 361 g/mol. The molecule has 6 heteroatoms. The van der Waals surface area contributed by atoms with Crippen molar-refractivity contribution in [3.05, 3.63) is 59.9 Å². The number of hydrogen-bond acceptors (Lipinski definition) is 5. The van der Waals surface area contributed by atoms with Crippen LogP contribution in [0.2, 0.25) is 0 Å². The number of rotatable bonds is 4. The fourth-order valence-corrected chi connectivity index (χ4v) is 3.74. The van der Waals surface area contributed by atoms with E-state index < -0.39 is 0 Å². The number of carbonyl (C=O) groups excluding carboxylic acids is 1. The molecule has 6 nitrogen and oxygen atoms in total. The number of nitrogens with zero attached hydrogens (tertiary/aromatic N) is 3. The fraction of sp³-hybridized carbons (Fsp3) is 0.286. The Labute approximate surface area is 156 Å². The quantitative estimate of drug-likeness (QED) is 0.711. The summed E-state index contributed by atoms with van der Waals surface area (Å²) in [5.41, 5.74) is 2.62. The van der Waals surface area contributed by atoms with Crippen LogP contribution in [-0.4, -0.2) is 29.2 Å². The van der Waals surface area contributed by atoms with Crippen LogP contribution in [0.15, 0.2) is 53.1 Å². The van der Waals surface area contributed by atoms with E-state index in [9.17, 15) is 4.79 Å². The Morgan fingerprint density at radius 3 is 2.70 bits per heavy atom. The van der Waals surface area contributed by atoms with Crippen LogP contribution in [0.25, 0.3) is 11.5 Å². The van der Waals surface area contributed by atoms with Crippen LogP contribution in [-0.2, 0) is 10.2 Å². The molecule has 2 aliphatic rings. The highest BCUT2D eigenvalue weighted by Gasteiger charge is 2.50. The van der Waals surface area contributed by atoms with Crippen molar-refractivity contribution in [1.29, 1.82) is 0 Å². The van der Waals surface area contributed by atoms with Crippen LogP contribution in [0.1, 0.15) is 31.2 Å². The van der Waals surface area contributed by atoms with E-state index in [4.69, 9.17) is 9.26 Å². The Bertz CT molecular complexity index is 1010. The molecule has 2 aromatic carbocycles. The van der Waals surface area contributed by atoms with Crippen molar-refractivity contribution in [2.45, 2.75) is 25.2 Å². The van der Waals surface area contributed by atoms with Crippen LogP contribution >= 0.6 is 0 Å². The molecule has 1 fully saturated rings. The molecule has 0 atom stereocenters. The second-order valence-electron chi connectivity index (χ2n) is 6.98. The van der Waals surface area contributed by atoms with Crippen molar-refractivity contribution in [2.75, 3.05) is 18.1 Å². The van der Waals surface area contributed by atoms with Gasteiger partial charge in [-0.1, -0.05) is 35.5 Å². The van der Waals surface area contributed by atoms with E-state index in [1.807, 2.05) is 43.3 Å². The van der Waals surface area contributed by atoms with Gasteiger partial charge in [-0.15, -0.1) is 0 Å². The van der Waals surface area contributed by atoms with Crippen LogP contribution in [0.4, 0.5) is 5.69 Å². The summed E-state index contributed by atoms with van der Waals surface area (Å²) < 4.78 is 11.1. The minimum absolute atomic E-state index is 0.0469. The molecule has 1 aliphatic carbocycles. The van der Waals surface area contributed by atoms with Crippen molar-refractivity contribution in [1.82, 2.24) is 10.1 Å². The van der Waals surface area contributed by atoms with Gasteiger partial charge in [-0.05, 0) is 43.5 Å². The molecule has 1 aliphatic heterocycles. The first-order valence-electron chi connectivity index (χ1n) is 9.18. The molecule has 0 radical (unpaired) electrons. The standard InChI is InChI=1S/C21H19N3O3/c1-2-24-16-12-14(8-9-17(16)26-13-18(24)25)19-22-20(23-27-19)21(10-11-21)15-6-4-3-5-7-15/h3-9,12H,2,10-11,13H2,1H3. The van der Waals surface area contributed by atoms with E-state index in [2.05, 4.69) is 22.3 Å². The first-order chi connectivity index (χ1) is 13.2. The maximum atomic E-state index is 12.1. The Balaban J connectivity index is 1.51. The lowest BCUT2D eigenvalue weighted by molar-refractivity contribution is -0.121. The highest BCUT2D eigenvalue weighted by molar-refractivity contribution is 5.98. The molecule has 0 bridgehead atoms. The van der Waals surface area contributed by atoms with Crippen molar-refractivity contribution in [2.24, 2.45) is 0 Å². The minimum Gasteiger partial charge on any atom is -0.482 e. The van der Waals surface area contributed by atoms with Gasteiger partial charge >= 0.3 is 0 Å². The summed E-state index contributed by atoms with van der Waals surface area (Å²) in [7, 11) is 0. The fourth-order valence-electron chi connectivity index (χ4n) is 3.74. The van der Waals surface area contributed by atoms with E-state index in [0.29, 0.717) is 18.2 Å². The van der Waals surface area contributed by atoms with Gasteiger partial charge in [0.1, 0.15) is 5.75 Å². The highest BCUT2D eigenvalue weighted by atomic mass is 16.5. The average Bonchev–Trinajstić information content (AvgIpc) is 3.38. The lowest BCUT2D eigenvalue weighted by Crippen LogP contribution is -2.38. The molecule has 3 aromatic rings. The zero-order valence-electron chi connectivity index (χ0n) is 15.0. The average molecular weight is 361 g/mol. The van der Waals surface area contributed by atoms with E-state index in [1.165, 1.54) is 5.56 Å². The molecule has 2 heterocycles. The SMILES string of the molecule is CCN1C(=O)COc2ccc(-c3nc(C4(c5ccccc5)CC4)no3)cc21. The third-order valence-corrected chi connectivity index (χ3v) is 5.40. The second kappa shape index (κ2) is 5.94. The minimum atomic E-state index is -0.133. The Morgan fingerprint density at radius 1 is 1.15 bits per heavy atom. The van der Waals surface area contributed by atoms with E-state index in [0.717, 1.165) is 29.9 Å². The van der Waals surface area contributed by atoms with Crippen molar-refractivity contribution >= 4 is 11.6 Å². The molecular weight excluding hydrogens is 342 g/mol. The molecule has 27 heavy (non-hydrogen) atoms. The summed E-state index contributed by atoms with van der Waals surface area (Å²) in [4.78, 5) is 18.5. The zero-order chi connectivity index (χ0) is 18.4. The summed E-state index contributed by atoms with van der Waals surface area (Å²) in [6.07, 6.45) is 2.04. The Morgan fingerprint density at radius 2 is 1.96 bits per heavy atom. The van der Waals surface area contributed by atoms with Gasteiger partial charge in [0.25, 0.3) is 11.8 Å². The van der Waals surface area contributed by atoms with Crippen LogP contribution < -0.4 is 9.64 Å². The van der Waals surface area contributed by atoms with E-state index in [1.54, 1.807) is 4.90 Å². The molecule has 1 aromatic heterocycles. The number of fused-ring (bicyclic) bond motifs is 1. The molecule has 0 N–H and O–H groups in total. The number of likely N-dealkylation sites (N-methyl/N-ethyl adjacent to an activating group) is 1. The van der Waals surface area contributed by atoms with Crippen molar-refractivity contribution < 1.29 is 14.1 Å². The lowest BCUT2D eigenvalue weighted by atomic mass is 9.95. The van der Waals surface area contributed by atoms with Gasteiger partial charge in [-0.2, -0.15) is 4.98 Å². The predicted octanol–water partition coefficient (Wildman–Crippen LogP) is 3.56. The summed E-state index contributed by atoms with van der Waals surface area (Å²) in [6.45, 7) is 2.61. The maximum Gasteiger partial charge on any atom is 0.265 e. The number of amides is 1. The van der Waals surface area contributed by atoms with Crippen LogP contribution in [0, 0.1) is 0 Å². The second-order valence-corrected chi connectivity index (χ2v) is 6.98. The number of carbonyl (C=O) groups is 1. The van der Waals surface area contributed by atoms with Crippen molar-refractivity contribution in [3.8, 4) is 17.2 Å². The van der Waals surface area contributed by atoms with E-state index >= 15 is 0 Å². The third kappa shape index (κ3) is 2.51. The molecule has 0 spiro atoms. The lowest BCUT2D eigenvalue weighted by Gasteiger charge is -2.28. The first kappa shape index (κ1) is 16.1. The van der Waals surface area contributed by atoms with Crippen LogP contribution in [0.3, 0.4) is 0 Å². The van der Waals surface area contributed by atoms with Gasteiger partial charge in [0.05, 0.1) is 11.1 Å². The Kier molecular flexibility index (Phi) is 3.53. The zero-order valence-corrected chi connectivity index (χ0v) is 15.0. The number of hydrogen-bond donors (Lipinski definition) is 0. The topological polar surface area (TPSA) is 68.5 Å². The summed E-state index contributed by atoms with van der Waals surface area (Å²) >= 11 is 0. The van der Waals surface area contributed by atoms with Gasteiger partial charge in [-0.25, -0.2) is 0 Å². The van der Waals surface area contributed by atoms with Gasteiger partial charge in [-0.3, -0.25) is 4.79 Å². The number of anilines is 1. The number of aromatic nitrogens is 2. The van der Waals surface area contributed by atoms with E-state index in [-0.39, 0.29) is 17.9 Å². The molecule has 5 rings (SSSR count). The number of benzene rings is 2. The molecule has 1 saturated carbocycles. The Hall–Kier alpha value is -3.15. The summed E-state index contributed by atoms with van der Waals surface area (Å²) in [5.74, 6) is 1.84. The maximum absolute atomic E-state index is 12.1. The smallest absolute Gasteiger partial charge is 0.265 e. The highest BCUT2D eigenvalue weighted by Crippen LogP contribution is 2.52. The van der Waals surface area contributed by atoms with Crippen molar-refractivity contribution in [3.63, 3.8) is 0 Å². The van der Waals surface area contributed by atoms with Crippen LogP contribution in [0.5, 0.6) is 5.75 Å². The predicted molar refractivity (Wildman–Crippen MR) is 99.7 cm³/mol. The molecule has 1 amide bonds. The normalized spacial score (nSPS) is 17.4. The molecular formula is C21H19N3O3. The largest absolute Gasteiger partial charge is 0.482 e. The van der Waals surface area contributed by atoms with Gasteiger partial charge in [0, 0.05) is 12.1 Å².